The summed E-state index contributed by atoms with van der Waals surface area (Å²) in [7, 11) is -3.97. The number of H-pyrrole nitrogens is 1. The summed E-state index contributed by atoms with van der Waals surface area (Å²) in [6, 6.07) is 13.5. The average Bonchev–Trinajstić information content (AvgIpc) is 3.25. The van der Waals surface area contributed by atoms with Crippen molar-refractivity contribution in [1.29, 1.82) is 0 Å². The fourth-order valence-electron chi connectivity index (χ4n) is 2.95. The first-order valence-corrected chi connectivity index (χ1v) is 10.4. The number of nitrogens with one attached hydrogen (secondary N) is 2. The van der Waals surface area contributed by atoms with Crippen molar-refractivity contribution in [2.45, 2.75) is 11.4 Å². The lowest BCUT2D eigenvalue weighted by Gasteiger charge is -2.08. The number of hydrogen-bond donors (Lipinski definition) is 2. The lowest BCUT2D eigenvalue weighted by atomic mass is 10.0. The fraction of sp³-hybridized carbons (Fsp3) is 0.0476. The highest BCUT2D eigenvalue weighted by molar-refractivity contribution is 7.89. The number of hydrogen-bond acceptors (Lipinski definition) is 4. The third-order valence-corrected chi connectivity index (χ3v) is 5.94. The molecule has 2 aromatic carbocycles. The standard InChI is InChI=1S/C21H16F2N4O2S/c22-19-6-5-17(11-20(19)23)30(28,29)26-12-14-1-3-16(4-2-14)21-18(13-25-27-21)15-7-9-24-10-8-15/h1-11,13,26H,12H2,(H,25,27). The molecule has 0 spiro atoms. The molecule has 0 saturated carbocycles. The Balaban J connectivity index is 1.50. The summed E-state index contributed by atoms with van der Waals surface area (Å²) in [5, 5.41) is 7.10. The minimum atomic E-state index is -3.97. The predicted molar refractivity (Wildman–Crippen MR) is 108 cm³/mol. The van der Waals surface area contributed by atoms with Crippen molar-refractivity contribution in [3.63, 3.8) is 0 Å². The molecule has 2 aromatic heterocycles. The lowest BCUT2D eigenvalue weighted by molar-refractivity contribution is 0.504. The van der Waals surface area contributed by atoms with Crippen LogP contribution in [0.25, 0.3) is 22.4 Å². The summed E-state index contributed by atoms with van der Waals surface area (Å²) in [5.41, 5.74) is 4.30. The number of aromatic nitrogens is 3. The number of halogens is 2. The van der Waals surface area contributed by atoms with Gasteiger partial charge in [0.2, 0.25) is 10.0 Å². The van der Waals surface area contributed by atoms with Crippen LogP contribution < -0.4 is 4.72 Å². The van der Waals surface area contributed by atoms with E-state index >= 15 is 0 Å². The van der Waals surface area contributed by atoms with Gasteiger partial charge in [0, 0.05) is 30.1 Å². The third-order valence-electron chi connectivity index (χ3n) is 4.54. The zero-order chi connectivity index (χ0) is 21.1. The van der Waals surface area contributed by atoms with E-state index in [1.165, 1.54) is 0 Å². The summed E-state index contributed by atoms with van der Waals surface area (Å²) < 4.78 is 53.4. The van der Waals surface area contributed by atoms with Crippen molar-refractivity contribution in [1.82, 2.24) is 19.9 Å². The second kappa shape index (κ2) is 8.13. The molecule has 9 heteroatoms. The second-order valence-corrected chi connectivity index (χ2v) is 8.26. The van der Waals surface area contributed by atoms with Crippen LogP contribution >= 0.6 is 0 Å². The maximum absolute atomic E-state index is 13.3. The topological polar surface area (TPSA) is 87.7 Å². The van der Waals surface area contributed by atoms with Gasteiger partial charge in [-0.05, 0) is 41.5 Å². The van der Waals surface area contributed by atoms with Crippen LogP contribution in [0.4, 0.5) is 8.78 Å². The summed E-state index contributed by atoms with van der Waals surface area (Å²) in [6.45, 7) is 0.00178. The predicted octanol–water partition coefficient (Wildman–Crippen LogP) is 3.90. The zero-order valence-corrected chi connectivity index (χ0v) is 16.3. The molecule has 0 amide bonds. The molecule has 0 bridgehead atoms. The van der Waals surface area contributed by atoms with Crippen molar-refractivity contribution in [3.8, 4) is 22.4 Å². The Morgan fingerprint density at radius 2 is 1.63 bits per heavy atom. The number of benzene rings is 2. The molecular formula is C21H16F2N4O2S. The SMILES string of the molecule is O=S(=O)(NCc1ccc(-c2[nH]ncc2-c2ccncc2)cc1)c1ccc(F)c(F)c1. The van der Waals surface area contributed by atoms with Crippen LogP contribution in [0, 0.1) is 11.6 Å². The first-order chi connectivity index (χ1) is 14.4. The van der Waals surface area contributed by atoms with Gasteiger partial charge in [-0.2, -0.15) is 5.10 Å². The van der Waals surface area contributed by atoms with E-state index in [4.69, 9.17) is 0 Å². The van der Waals surface area contributed by atoms with Crippen molar-refractivity contribution in [3.05, 3.63) is 90.4 Å². The van der Waals surface area contributed by atoms with Crippen molar-refractivity contribution in [2.24, 2.45) is 0 Å². The minimum Gasteiger partial charge on any atom is -0.277 e. The Bertz CT molecular complexity index is 1270. The number of aromatic amines is 1. The molecular weight excluding hydrogens is 410 g/mol. The third kappa shape index (κ3) is 4.12. The highest BCUT2D eigenvalue weighted by Gasteiger charge is 2.16. The van der Waals surface area contributed by atoms with E-state index in [1.54, 1.807) is 30.7 Å². The van der Waals surface area contributed by atoms with Gasteiger partial charge in [0.1, 0.15) is 0 Å². The van der Waals surface area contributed by atoms with Gasteiger partial charge in [-0.15, -0.1) is 0 Å². The first kappa shape index (κ1) is 19.9. The van der Waals surface area contributed by atoms with Crippen LogP contribution in [0.5, 0.6) is 0 Å². The largest absolute Gasteiger partial charge is 0.277 e. The number of nitrogens with zero attached hydrogens (tertiary/aromatic N) is 2. The summed E-state index contributed by atoms with van der Waals surface area (Å²) in [4.78, 5) is 3.68. The number of pyridine rings is 1. The molecule has 4 aromatic rings. The molecule has 0 saturated heterocycles. The fourth-order valence-corrected chi connectivity index (χ4v) is 3.98. The van der Waals surface area contributed by atoms with Gasteiger partial charge in [-0.3, -0.25) is 10.1 Å². The molecule has 0 atom stereocenters. The second-order valence-electron chi connectivity index (χ2n) is 6.49. The highest BCUT2D eigenvalue weighted by atomic mass is 32.2. The van der Waals surface area contributed by atoms with Crippen molar-refractivity contribution < 1.29 is 17.2 Å². The highest BCUT2D eigenvalue weighted by Crippen LogP contribution is 2.29. The summed E-state index contributed by atoms with van der Waals surface area (Å²) in [5.74, 6) is -2.32. The normalized spacial score (nSPS) is 11.5. The van der Waals surface area contributed by atoms with Crippen molar-refractivity contribution >= 4 is 10.0 Å². The van der Waals surface area contributed by atoms with E-state index in [-0.39, 0.29) is 11.4 Å². The van der Waals surface area contributed by atoms with Crippen molar-refractivity contribution in [2.75, 3.05) is 0 Å². The Kier molecular flexibility index (Phi) is 5.39. The van der Waals surface area contributed by atoms with Crippen LogP contribution in [0.3, 0.4) is 0 Å². The molecule has 4 rings (SSSR count). The van der Waals surface area contributed by atoms with Gasteiger partial charge in [0.05, 0.1) is 16.8 Å². The van der Waals surface area contributed by atoms with Crippen LogP contribution in [0.15, 0.2) is 78.1 Å². The molecule has 0 unspecified atom stereocenters. The molecule has 30 heavy (non-hydrogen) atoms. The van der Waals surface area contributed by atoms with E-state index in [1.807, 2.05) is 24.3 Å². The summed E-state index contributed by atoms with van der Waals surface area (Å²) >= 11 is 0. The molecule has 0 fully saturated rings. The number of rotatable bonds is 6. The van der Waals surface area contributed by atoms with Gasteiger partial charge in [0.15, 0.2) is 11.6 Å². The summed E-state index contributed by atoms with van der Waals surface area (Å²) in [6.07, 6.45) is 5.14. The Hall–Kier alpha value is -3.43. The van der Waals surface area contributed by atoms with Crippen LogP contribution in [0.2, 0.25) is 0 Å². The average molecular weight is 426 g/mol. The first-order valence-electron chi connectivity index (χ1n) is 8.92. The molecule has 0 aliphatic rings. The van der Waals surface area contributed by atoms with E-state index in [2.05, 4.69) is 19.9 Å². The monoisotopic (exact) mass is 426 g/mol. The molecule has 0 aliphatic heterocycles. The van der Waals surface area contributed by atoms with Gasteiger partial charge in [-0.1, -0.05) is 24.3 Å². The quantitative estimate of drug-likeness (QED) is 0.490. The Morgan fingerprint density at radius 3 is 2.33 bits per heavy atom. The maximum atomic E-state index is 13.3. The van der Waals surface area contributed by atoms with Crippen LogP contribution in [-0.2, 0) is 16.6 Å². The van der Waals surface area contributed by atoms with E-state index in [0.29, 0.717) is 11.6 Å². The lowest BCUT2D eigenvalue weighted by Crippen LogP contribution is -2.23. The van der Waals surface area contributed by atoms with Gasteiger partial charge < -0.3 is 0 Å². The van der Waals surface area contributed by atoms with Gasteiger partial charge >= 0.3 is 0 Å². The minimum absolute atomic E-state index is 0.00178. The van der Waals surface area contributed by atoms with E-state index in [9.17, 15) is 17.2 Å². The van der Waals surface area contributed by atoms with E-state index < -0.39 is 21.7 Å². The molecule has 0 radical (unpaired) electrons. The smallest absolute Gasteiger partial charge is 0.240 e. The molecule has 152 valence electrons. The van der Waals surface area contributed by atoms with E-state index in [0.717, 1.165) is 34.5 Å². The molecule has 2 N–H and O–H groups in total. The van der Waals surface area contributed by atoms with Gasteiger partial charge in [0.25, 0.3) is 0 Å². The molecule has 0 aliphatic carbocycles. The Labute approximate surface area is 171 Å². The van der Waals surface area contributed by atoms with Crippen LogP contribution in [-0.4, -0.2) is 23.6 Å². The zero-order valence-electron chi connectivity index (χ0n) is 15.5. The molecule has 2 heterocycles. The maximum Gasteiger partial charge on any atom is 0.240 e. The van der Waals surface area contributed by atoms with Gasteiger partial charge in [-0.25, -0.2) is 21.9 Å². The number of sulfonamides is 1. The Morgan fingerprint density at radius 1 is 0.900 bits per heavy atom. The molecule has 6 nitrogen and oxygen atoms in total. The van der Waals surface area contributed by atoms with Crippen LogP contribution in [0.1, 0.15) is 5.56 Å².